The Kier molecular flexibility index (Phi) is 4.86. The van der Waals surface area contributed by atoms with E-state index in [-0.39, 0.29) is 23.5 Å². The number of amides is 1. The van der Waals surface area contributed by atoms with Gasteiger partial charge >= 0.3 is 0 Å². The number of hydrogen-bond acceptors (Lipinski definition) is 7. The van der Waals surface area contributed by atoms with Crippen molar-refractivity contribution in [3.63, 3.8) is 0 Å². The van der Waals surface area contributed by atoms with Gasteiger partial charge < -0.3 is 18.6 Å². The van der Waals surface area contributed by atoms with Crippen LogP contribution in [0, 0.1) is 6.92 Å². The van der Waals surface area contributed by atoms with Gasteiger partial charge in [0.25, 0.3) is 0 Å². The van der Waals surface area contributed by atoms with E-state index in [1.165, 1.54) is 0 Å². The molecule has 1 saturated heterocycles. The van der Waals surface area contributed by atoms with E-state index >= 15 is 0 Å². The number of carbonyl (C=O) groups excluding carboxylic acids is 1. The number of hydrogen-bond donors (Lipinski definition) is 0. The summed E-state index contributed by atoms with van der Waals surface area (Å²) in [5, 5.41) is 12.0. The van der Waals surface area contributed by atoms with Crippen LogP contribution < -0.4 is 0 Å². The third-order valence-corrected chi connectivity index (χ3v) is 4.25. The van der Waals surface area contributed by atoms with Crippen molar-refractivity contribution in [1.82, 2.24) is 20.3 Å². The van der Waals surface area contributed by atoms with E-state index in [1.54, 1.807) is 11.8 Å². The summed E-state index contributed by atoms with van der Waals surface area (Å²) in [5.41, 5.74) is 1.21. The quantitative estimate of drug-likeness (QED) is 0.831. The highest BCUT2D eigenvalue weighted by atomic mass is 35.5. The second kappa shape index (κ2) is 6.90. The molecule has 0 spiro atoms. The Labute approximate surface area is 144 Å². The van der Waals surface area contributed by atoms with Crippen LogP contribution in [-0.2, 0) is 16.0 Å². The number of nitrogens with zero attached hydrogens (tertiary/aromatic N) is 4. The van der Waals surface area contributed by atoms with Crippen LogP contribution in [0.15, 0.2) is 8.94 Å². The minimum Gasteiger partial charge on any atom is -0.423 e. The van der Waals surface area contributed by atoms with Gasteiger partial charge in [-0.1, -0.05) is 19.0 Å². The van der Waals surface area contributed by atoms with E-state index in [0.29, 0.717) is 42.8 Å². The van der Waals surface area contributed by atoms with Crippen molar-refractivity contribution < 1.29 is 18.5 Å². The molecule has 1 atom stereocenters. The molecule has 0 aliphatic carbocycles. The average Bonchev–Trinajstić information content (AvgIpc) is 3.17. The predicted molar refractivity (Wildman–Crippen MR) is 83.6 cm³/mol. The number of rotatable bonds is 4. The fraction of sp³-hybridized carbons (Fsp3) is 0.600. The SMILES string of the molecule is Cc1noc(Cl)c1CC(=O)N1CCOCC1c1nnc(C(C)C)o1. The molecule has 1 amide bonds. The Bertz CT molecular complexity index is 707. The molecule has 1 fully saturated rings. The largest absolute Gasteiger partial charge is 0.423 e. The van der Waals surface area contributed by atoms with Gasteiger partial charge in [-0.25, -0.2) is 0 Å². The van der Waals surface area contributed by atoms with Crippen molar-refractivity contribution in [1.29, 1.82) is 0 Å². The van der Waals surface area contributed by atoms with Gasteiger partial charge in [-0.15, -0.1) is 10.2 Å². The zero-order chi connectivity index (χ0) is 17.3. The van der Waals surface area contributed by atoms with Crippen molar-refractivity contribution in [2.75, 3.05) is 19.8 Å². The summed E-state index contributed by atoms with van der Waals surface area (Å²) >= 11 is 5.95. The highest BCUT2D eigenvalue weighted by Gasteiger charge is 2.33. The van der Waals surface area contributed by atoms with Gasteiger partial charge in [-0.05, 0) is 18.5 Å². The molecule has 0 N–H and O–H groups in total. The van der Waals surface area contributed by atoms with Gasteiger partial charge in [0.05, 0.1) is 25.3 Å². The molecule has 24 heavy (non-hydrogen) atoms. The number of carbonyl (C=O) groups is 1. The normalized spacial score (nSPS) is 18.4. The highest BCUT2D eigenvalue weighted by Crippen LogP contribution is 2.27. The lowest BCUT2D eigenvalue weighted by Gasteiger charge is -2.33. The minimum atomic E-state index is -0.398. The van der Waals surface area contributed by atoms with Crippen molar-refractivity contribution in [2.24, 2.45) is 0 Å². The number of aryl methyl sites for hydroxylation is 1. The topological polar surface area (TPSA) is 94.5 Å². The summed E-state index contributed by atoms with van der Waals surface area (Å²) in [5.74, 6) is 0.944. The molecule has 9 heteroatoms. The molecule has 3 heterocycles. The van der Waals surface area contributed by atoms with Crippen LogP contribution in [0.25, 0.3) is 0 Å². The first-order valence-corrected chi connectivity index (χ1v) is 8.16. The van der Waals surface area contributed by atoms with Crippen molar-refractivity contribution in [3.8, 4) is 0 Å². The summed E-state index contributed by atoms with van der Waals surface area (Å²) in [6.07, 6.45) is 0.107. The summed E-state index contributed by atoms with van der Waals surface area (Å²) in [6.45, 7) is 6.92. The smallest absolute Gasteiger partial charge is 0.241 e. The third-order valence-electron chi connectivity index (χ3n) is 3.95. The first-order valence-electron chi connectivity index (χ1n) is 7.78. The van der Waals surface area contributed by atoms with Crippen LogP contribution in [0.2, 0.25) is 5.22 Å². The van der Waals surface area contributed by atoms with Gasteiger partial charge in [0.15, 0.2) is 0 Å². The second-order valence-corrected chi connectivity index (χ2v) is 6.35. The summed E-state index contributed by atoms with van der Waals surface area (Å²) < 4.78 is 16.1. The predicted octanol–water partition coefficient (Wildman–Crippen LogP) is 2.29. The molecule has 2 aromatic heterocycles. The molecule has 130 valence electrons. The molecule has 1 aliphatic rings. The zero-order valence-corrected chi connectivity index (χ0v) is 14.5. The number of ether oxygens (including phenoxy) is 1. The second-order valence-electron chi connectivity index (χ2n) is 6.01. The Morgan fingerprint density at radius 1 is 1.42 bits per heavy atom. The van der Waals surface area contributed by atoms with Crippen molar-refractivity contribution >= 4 is 17.5 Å². The van der Waals surface area contributed by atoms with E-state index in [1.807, 2.05) is 13.8 Å². The van der Waals surface area contributed by atoms with Crippen LogP contribution in [-0.4, -0.2) is 45.9 Å². The summed E-state index contributed by atoms with van der Waals surface area (Å²) in [6, 6.07) is -0.398. The average molecular weight is 355 g/mol. The molecule has 8 nitrogen and oxygen atoms in total. The van der Waals surface area contributed by atoms with Crippen LogP contribution >= 0.6 is 11.6 Å². The standard InChI is InChI=1S/C15H19ClN4O4/c1-8(2)14-17-18-15(23-14)11-7-22-5-4-20(11)12(21)6-10-9(3)19-24-13(10)16/h8,11H,4-7H2,1-3H3. The maximum absolute atomic E-state index is 12.7. The fourth-order valence-corrected chi connectivity index (χ4v) is 2.77. The van der Waals surface area contributed by atoms with Crippen LogP contribution in [0.4, 0.5) is 0 Å². The lowest BCUT2D eigenvalue weighted by molar-refractivity contribution is -0.140. The molecule has 0 saturated carbocycles. The lowest BCUT2D eigenvalue weighted by Crippen LogP contribution is -2.44. The highest BCUT2D eigenvalue weighted by molar-refractivity contribution is 6.29. The molecule has 0 aromatic carbocycles. The van der Waals surface area contributed by atoms with Crippen molar-refractivity contribution in [3.05, 3.63) is 28.3 Å². The first kappa shape index (κ1) is 16.9. The van der Waals surface area contributed by atoms with Gasteiger partial charge in [0.2, 0.25) is 22.9 Å². The maximum Gasteiger partial charge on any atom is 0.241 e. The zero-order valence-electron chi connectivity index (χ0n) is 13.8. The maximum atomic E-state index is 12.7. The third kappa shape index (κ3) is 3.29. The molecule has 0 radical (unpaired) electrons. The Morgan fingerprint density at radius 2 is 2.21 bits per heavy atom. The van der Waals surface area contributed by atoms with Crippen LogP contribution in [0.1, 0.15) is 48.8 Å². The number of halogens is 1. The van der Waals surface area contributed by atoms with E-state index in [2.05, 4.69) is 15.4 Å². The molecular weight excluding hydrogens is 336 g/mol. The Hall–Kier alpha value is -1.93. The number of aromatic nitrogens is 3. The molecule has 0 bridgehead atoms. The first-order chi connectivity index (χ1) is 11.5. The summed E-state index contributed by atoms with van der Waals surface area (Å²) in [7, 11) is 0. The monoisotopic (exact) mass is 354 g/mol. The van der Waals surface area contributed by atoms with E-state index in [0.717, 1.165) is 0 Å². The van der Waals surface area contributed by atoms with E-state index in [4.69, 9.17) is 25.3 Å². The molecule has 3 rings (SSSR count). The molecule has 1 aliphatic heterocycles. The summed E-state index contributed by atoms with van der Waals surface area (Å²) in [4.78, 5) is 14.4. The van der Waals surface area contributed by atoms with Gasteiger partial charge in [0, 0.05) is 18.0 Å². The molecule has 2 aromatic rings. The Balaban J connectivity index is 1.79. The Morgan fingerprint density at radius 3 is 2.83 bits per heavy atom. The fourth-order valence-electron chi connectivity index (χ4n) is 2.53. The van der Waals surface area contributed by atoms with Crippen LogP contribution in [0.5, 0.6) is 0 Å². The molecule has 1 unspecified atom stereocenters. The van der Waals surface area contributed by atoms with Gasteiger partial charge in [-0.2, -0.15) is 0 Å². The minimum absolute atomic E-state index is 0.107. The van der Waals surface area contributed by atoms with Crippen LogP contribution in [0.3, 0.4) is 0 Å². The van der Waals surface area contributed by atoms with E-state index in [9.17, 15) is 4.79 Å². The van der Waals surface area contributed by atoms with Gasteiger partial charge in [0.1, 0.15) is 6.04 Å². The molecular formula is C15H19ClN4O4. The van der Waals surface area contributed by atoms with Crippen molar-refractivity contribution in [2.45, 2.75) is 39.2 Å². The van der Waals surface area contributed by atoms with E-state index < -0.39 is 6.04 Å². The lowest BCUT2D eigenvalue weighted by atomic mass is 10.1. The number of morpholine rings is 1. The van der Waals surface area contributed by atoms with Gasteiger partial charge in [-0.3, -0.25) is 4.79 Å².